The van der Waals surface area contributed by atoms with E-state index in [9.17, 15) is 4.79 Å². The van der Waals surface area contributed by atoms with Crippen LogP contribution in [0.2, 0.25) is 0 Å². The molecular weight excluding hydrogens is 162 g/mol. The minimum Gasteiger partial charge on any atom is -0.355 e. The van der Waals surface area contributed by atoms with Gasteiger partial charge in [-0.3, -0.25) is 4.79 Å². The van der Waals surface area contributed by atoms with Crippen molar-refractivity contribution in [2.24, 2.45) is 5.92 Å². The molecular formula is C8H16ClNO. The largest absolute Gasteiger partial charge is 0.355 e. The van der Waals surface area contributed by atoms with Crippen molar-refractivity contribution in [1.29, 1.82) is 0 Å². The normalized spacial score (nSPS) is 13.2. The molecule has 1 amide bonds. The van der Waals surface area contributed by atoms with E-state index in [1.54, 1.807) is 0 Å². The summed E-state index contributed by atoms with van der Waals surface area (Å²) in [6.45, 7) is 6.31. The lowest BCUT2D eigenvalue weighted by molar-refractivity contribution is -0.118. The summed E-state index contributed by atoms with van der Waals surface area (Å²) in [5.41, 5.74) is 0. The van der Waals surface area contributed by atoms with Crippen LogP contribution in [0.25, 0.3) is 0 Å². The van der Waals surface area contributed by atoms with Crippen LogP contribution in [-0.2, 0) is 4.79 Å². The number of amides is 1. The third-order valence-corrected chi connectivity index (χ3v) is 1.63. The Hall–Kier alpha value is -0.240. The van der Waals surface area contributed by atoms with Crippen molar-refractivity contribution < 1.29 is 4.79 Å². The molecule has 0 aromatic rings. The fourth-order valence-electron chi connectivity index (χ4n) is 0.849. The van der Waals surface area contributed by atoms with E-state index in [1.165, 1.54) is 6.92 Å². The van der Waals surface area contributed by atoms with Crippen molar-refractivity contribution in [3.63, 3.8) is 0 Å². The van der Waals surface area contributed by atoms with Crippen LogP contribution in [0.4, 0.5) is 0 Å². The molecule has 0 aliphatic carbocycles. The molecule has 1 N–H and O–H groups in total. The zero-order valence-corrected chi connectivity index (χ0v) is 8.11. The van der Waals surface area contributed by atoms with Gasteiger partial charge in [-0.1, -0.05) is 13.8 Å². The molecule has 1 atom stereocenters. The van der Waals surface area contributed by atoms with Gasteiger partial charge in [-0.05, 0) is 12.3 Å². The quantitative estimate of drug-likeness (QED) is 0.652. The van der Waals surface area contributed by atoms with Crippen molar-refractivity contribution in [2.45, 2.75) is 32.6 Å². The molecule has 3 heteroatoms. The summed E-state index contributed by atoms with van der Waals surface area (Å²) >= 11 is 5.91. The average molecular weight is 178 g/mol. The Balaban J connectivity index is 3.37. The topological polar surface area (TPSA) is 29.1 Å². The molecule has 0 aromatic heterocycles. The first-order chi connectivity index (χ1) is 5.02. The minimum atomic E-state index is -0.0144. The van der Waals surface area contributed by atoms with Gasteiger partial charge >= 0.3 is 0 Å². The zero-order chi connectivity index (χ0) is 8.85. The monoisotopic (exact) mass is 177 g/mol. The number of hydrogen-bond acceptors (Lipinski definition) is 1. The number of alkyl halides is 1. The average Bonchev–Trinajstić information content (AvgIpc) is 1.82. The highest BCUT2D eigenvalue weighted by molar-refractivity contribution is 6.20. The number of halogens is 1. The smallest absolute Gasteiger partial charge is 0.216 e. The lowest BCUT2D eigenvalue weighted by Gasteiger charge is -2.11. The molecule has 1 unspecified atom stereocenters. The first-order valence-corrected chi connectivity index (χ1v) is 4.34. The van der Waals surface area contributed by atoms with E-state index in [0.29, 0.717) is 12.5 Å². The van der Waals surface area contributed by atoms with Gasteiger partial charge in [0.25, 0.3) is 0 Å². The van der Waals surface area contributed by atoms with E-state index in [1.807, 2.05) is 0 Å². The second kappa shape index (κ2) is 5.42. The predicted molar refractivity (Wildman–Crippen MR) is 47.8 cm³/mol. The van der Waals surface area contributed by atoms with Crippen LogP contribution in [-0.4, -0.2) is 17.8 Å². The van der Waals surface area contributed by atoms with E-state index < -0.39 is 0 Å². The van der Waals surface area contributed by atoms with E-state index in [2.05, 4.69) is 19.2 Å². The summed E-state index contributed by atoms with van der Waals surface area (Å²) in [6, 6.07) is 0. The summed E-state index contributed by atoms with van der Waals surface area (Å²) in [5.74, 6) is 0.575. The first kappa shape index (κ1) is 10.8. The molecule has 0 spiro atoms. The molecule has 0 heterocycles. The molecule has 0 fully saturated rings. The van der Waals surface area contributed by atoms with Crippen LogP contribution in [0.1, 0.15) is 27.2 Å². The molecule has 0 radical (unpaired) electrons. The van der Waals surface area contributed by atoms with Gasteiger partial charge in [0, 0.05) is 13.5 Å². The third-order valence-electron chi connectivity index (χ3n) is 1.30. The third kappa shape index (κ3) is 7.66. The number of carbonyl (C=O) groups excluding carboxylic acids is 1. The maximum Gasteiger partial charge on any atom is 0.216 e. The van der Waals surface area contributed by atoms with Crippen molar-refractivity contribution in [3.8, 4) is 0 Å². The van der Waals surface area contributed by atoms with Gasteiger partial charge < -0.3 is 5.32 Å². The fourth-order valence-corrected chi connectivity index (χ4v) is 1.28. The summed E-state index contributed by atoms with van der Waals surface area (Å²) in [7, 11) is 0. The highest BCUT2D eigenvalue weighted by Crippen LogP contribution is 2.09. The molecule has 0 aromatic carbocycles. The Morgan fingerprint density at radius 2 is 2.09 bits per heavy atom. The van der Waals surface area contributed by atoms with Crippen LogP contribution in [0, 0.1) is 5.92 Å². The Kier molecular flexibility index (Phi) is 5.30. The van der Waals surface area contributed by atoms with Crippen molar-refractivity contribution in [2.75, 3.05) is 6.54 Å². The number of nitrogens with one attached hydrogen (secondary N) is 1. The van der Waals surface area contributed by atoms with Crippen LogP contribution < -0.4 is 5.32 Å². The van der Waals surface area contributed by atoms with E-state index in [4.69, 9.17) is 11.6 Å². The highest BCUT2D eigenvalue weighted by Gasteiger charge is 2.06. The molecule has 0 saturated carbocycles. The van der Waals surface area contributed by atoms with Crippen LogP contribution in [0.3, 0.4) is 0 Å². The second-order valence-electron chi connectivity index (χ2n) is 3.16. The van der Waals surface area contributed by atoms with Gasteiger partial charge in [-0.25, -0.2) is 0 Å². The van der Waals surface area contributed by atoms with Crippen molar-refractivity contribution in [1.82, 2.24) is 5.32 Å². The van der Waals surface area contributed by atoms with Crippen LogP contribution in [0.15, 0.2) is 0 Å². The molecule has 2 nitrogen and oxygen atoms in total. The molecule has 11 heavy (non-hydrogen) atoms. The first-order valence-electron chi connectivity index (χ1n) is 3.91. The molecule has 0 rings (SSSR count). The second-order valence-corrected chi connectivity index (χ2v) is 3.78. The number of rotatable bonds is 4. The number of carbonyl (C=O) groups is 1. The van der Waals surface area contributed by atoms with Gasteiger partial charge in [-0.2, -0.15) is 0 Å². The highest BCUT2D eigenvalue weighted by atomic mass is 35.5. The Labute approximate surface area is 73.3 Å². The van der Waals surface area contributed by atoms with E-state index in [0.717, 1.165) is 6.42 Å². The predicted octanol–water partition coefficient (Wildman–Crippen LogP) is 1.78. The summed E-state index contributed by atoms with van der Waals surface area (Å²) in [6.07, 6.45) is 0.946. The summed E-state index contributed by atoms with van der Waals surface area (Å²) in [5, 5.41) is 2.75. The fraction of sp³-hybridized carbons (Fsp3) is 0.875. The Morgan fingerprint density at radius 3 is 2.45 bits per heavy atom. The SMILES string of the molecule is CC(=O)NCC(Cl)CC(C)C. The van der Waals surface area contributed by atoms with Crippen molar-refractivity contribution >= 4 is 17.5 Å². The molecule has 0 aliphatic rings. The van der Waals surface area contributed by atoms with Gasteiger partial charge in [0.15, 0.2) is 0 Å². The lowest BCUT2D eigenvalue weighted by Crippen LogP contribution is -2.28. The van der Waals surface area contributed by atoms with E-state index in [-0.39, 0.29) is 11.3 Å². The standard InChI is InChI=1S/C8H16ClNO/c1-6(2)4-8(9)5-10-7(3)11/h6,8H,4-5H2,1-3H3,(H,10,11). The van der Waals surface area contributed by atoms with Crippen LogP contribution >= 0.6 is 11.6 Å². The molecule has 0 saturated heterocycles. The Morgan fingerprint density at radius 1 is 1.55 bits per heavy atom. The maximum absolute atomic E-state index is 10.5. The van der Waals surface area contributed by atoms with Gasteiger partial charge in [0.2, 0.25) is 5.91 Å². The maximum atomic E-state index is 10.5. The molecule has 0 aliphatic heterocycles. The van der Waals surface area contributed by atoms with Gasteiger partial charge in [0.05, 0.1) is 5.38 Å². The minimum absolute atomic E-state index is 0.0144. The Bertz CT molecular complexity index is 125. The molecule has 66 valence electrons. The van der Waals surface area contributed by atoms with Crippen LogP contribution in [0.5, 0.6) is 0 Å². The zero-order valence-electron chi connectivity index (χ0n) is 7.36. The van der Waals surface area contributed by atoms with Gasteiger partial charge in [-0.15, -0.1) is 11.6 Å². The molecule has 0 bridgehead atoms. The summed E-state index contributed by atoms with van der Waals surface area (Å²) < 4.78 is 0. The van der Waals surface area contributed by atoms with Gasteiger partial charge in [0.1, 0.15) is 0 Å². The lowest BCUT2D eigenvalue weighted by atomic mass is 10.1. The number of hydrogen-bond donors (Lipinski definition) is 1. The van der Waals surface area contributed by atoms with Crippen molar-refractivity contribution in [3.05, 3.63) is 0 Å². The summed E-state index contributed by atoms with van der Waals surface area (Å²) in [4.78, 5) is 10.5. The van der Waals surface area contributed by atoms with E-state index >= 15 is 0 Å².